The number of nitriles is 1. The molecule has 124 valence electrons. The molecule has 0 saturated heterocycles. The molecule has 0 aliphatic heterocycles. The number of ether oxygens (including phenoxy) is 1. The molecule has 0 fully saturated rings. The number of carbonyl (C=O) groups is 1. The highest BCUT2D eigenvalue weighted by atomic mass is 16.5. The summed E-state index contributed by atoms with van der Waals surface area (Å²) in [4.78, 5) is 14.6. The Bertz CT molecular complexity index is 715. The van der Waals surface area contributed by atoms with Crippen LogP contribution in [0.4, 0.5) is 0 Å². The quantitative estimate of drug-likeness (QED) is 0.801. The Hall–Kier alpha value is -2.80. The van der Waals surface area contributed by atoms with Gasteiger partial charge in [0.15, 0.2) is 0 Å². The maximum Gasteiger partial charge on any atom is 0.254 e. The first-order valence-electron chi connectivity index (χ1n) is 8.14. The van der Waals surface area contributed by atoms with Crippen molar-refractivity contribution in [3.05, 3.63) is 65.2 Å². The Balaban J connectivity index is 2.19. The van der Waals surface area contributed by atoms with Gasteiger partial charge in [-0.1, -0.05) is 12.1 Å². The molecule has 0 radical (unpaired) electrons. The fraction of sp³-hybridized carbons (Fsp3) is 0.300. The lowest BCUT2D eigenvalue weighted by atomic mass is 10.0. The molecule has 0 N–H and O–H groups in total. The summed E-state index contributed by atoms with van der Waals surface area (Å²) < 4.78 is 5.41. The lowest BCUT2D eigenvalue weighted by Gasteiger charge is -2.28. The molecule has 0 bridgehead atoms. The number of benzene rings is 2. The first kappa shape index (κ1) is 17.6. The summed E-state index contributed by atoms with van der Waals surface area (Å²) >= 11 is 0. The van der Waals surface area contributed by atoms with Crippen LogP contribution in [0.3, 0.4) is 0 Å². The van der Waals surface area contributed by atoms with Gasteiger partial charge in [0.25, 0.3) is 5.91 Å². The second-order valence-electron chi connectivity index (χ2n) is 5.46. The second kappa shape index (κ2) is 8.16. The first-order chi connectivity index (χ1) is 11.6. The number of amides is 1. The van der Waals surface area contributed by atoms with Gasteiger partial charge in [0.05, 0.1) is 24.3 Å². The lowest BCUT2D eigenvalue weighted by Crippen LogP contribution is -2.33. The van der Waals surface area contributed by atoms with Crippen LogP contribution in [0.15, 0.2) is 48.5 Å². The van der Waals surface area contributed by atoms with E-state index >= 15 is 0 Å². The van der Waals surface area contributed by atoms with Crippen LogP contribution in [-0.4, -0.2) is 24.0 Å². The largest absolute Gasteiger partial charge is 0.494 e. The molecule has 24 heavy (non-hydrogen) atoms. The van der Waals surface area contributed by atoms with Crippen LogP contribution >= 0.6 is 0 Å². The number of rotatable bonds is 6. The molecule has 1 unspecified atom stereocenters. The van der Waals surface area contributed by atoms with E-state index in [9.17, 15) is 4.79 Å². The van der Waals surface area contributed by atoms with Crippen LogP contribution in [0.2, 0.25) is 0 Å². The van der Waals surface area contributed by atoms with E-state index in [1.54, 1.807) is 24.3 Å². The zero-order valence-electron chi connectivity index (χ0n) is 14.3. The van der Waals surface area contributed by atoms with Crippen LogP contribution < -0.4 is 4.74 Å². The van der Waals surface area contributed by atoms with Crippen molar-refractivity contribution in [2.24, 2.45) is 0 Å². The highest BCUT2D eigenvalue weighted by molar-refractivity contribution is 5.94. The summed E-state index contributed by atoms with van der Waals surface area (Å²) in [6.07, 6.45) is 0. The minimum atomic E-state index is -0.0678. The molecule has 0 spiro atoms. The molecule has 2 rings (SSSR count). The SMILES string of the molecule is CCOc1ccc(C(=O)N(CC)C(C)c2ccc(C#N)cc2)cc1. The summed E-state index contributed by atoms with van der Waals surface area (Å²) in [6, 6.07) is 16.6. The van der Waals surface area contributed by atoms with E-state index in [0.29, 0.717) is 24.3 Å². The van der Waals surface area contributed by atoms with Gasteiger partial charge in [-0.05, 0) is 62.7 Å². The molecule has 0 saturated carbocycles. The van der Waals surface area contributed by atoms with E-state index < -0.39 is 0 Å². The Morgan fingerprint density at radius 2 is 1.75 bits per heavy atom. The Morgan fingerprint density at radius 3 is 2.25 bits per heavy atom. The predicted molar refractivity (Wildman–Crippen MR) is 93.9 cm³/mol. The van der Waals surface area contributed by atoms with Crippen molar-refractivity contribution in [3.63, 3.8) is 0 Å². The maximum atomic E-state index is 12.8. The Morgan fingerprint density at radius 1 is 1.12 bits per heavy atom. The average molecular weight is 322 g/mol. The van der Waals surface area contributed by atoms with Gasteiger partial charge >= 0.3 is 0 Å². The van der Waals surface area contributed by atoms with Gasteiger partial charge in [-0.3, -0.25) is 4.79 Å². The molecule has 2 aromatic rings. The fourth-order valence-corrected chi connectivity index (χ4v) is 2.64. The van der Waals surface area contributed by atoms with Gasteiger partial charge in [0, 0.05) is 12.1 Å². The molecular weight excluding hydrogens is 300 g/mol. The third kappa shape index (κ3) is 3.94. The molecule has 1 atom stereocenters. The third-order valence-corrected chi connectivity index (χ3v) is 4.00. The zero-order chi connectivity index (χ0) is 17.5. The maximum absolute atomic E-state index is 12.8. The van der Waals surface area contributed by atoms with Gasteiger partial charge in [0.1, 0.15) is 5.75 Å². The number of carbonyl (C=O) groups excluding carboxylic acids is 1. The molecule has 1 amide bonds. The van der Waals surface area contributed by atoms with Crippen LogP contribution in [0.1, 0.15) is 48.3 Å². The summed E-state index contributed by atoms with van der Waals surface area (Å²) in [5, 5.41) is 8.90. The van der Waals surface area contributed by atoms with E-state index in [0.717, 1.165) is 11.3 Å². The van der Waals surface area contributed by atoms with Crippen molar-refractivity contribution in [1.82, 2.24) is 4.90 Å². The van der Waals surface area contributed by atoms with Gasteiger partial charge in [-0.15, -0.1) is 0 Å². The zero-order valence-corrected chi connectivity index (χ0v) is 14.3. The van der Waals surface area contributed by atoms with Crippen molar-refractivity contribution in [3.8, 4) is 11.8 Å². The Labute approximate surface area is 143 Å². The molecule has 4 nitrogen and oxygen atoms in total. The van der Waals surface area contributed by atoms with Crippen LogP contribution in [0, 0.1) is 11.3 Å². The molecule has 0 aliphatic carbocycles. The number of hydrogen-bond acceptors (Lipinski definition) is 3. The third-order valence-electron chi connectivity index (χ3n) is 4.00. The normalized spacial score (nSPS) is 11.4. The average Bonchev–Trinajstić information content (AvgIpc) is 2.63. The van der Waals surface area contributed by atoms with E-state index in [4.69, 9.17) is 10.00 Å². The molecule has 4 heteroatoms. The van der Waals surface area contributed by atoms with Crippen molar-refractivity contribution in [2.45, 2.75) is 26.8 Å². The standard InChI is InChI=1S/C20H22N2O2/c1-4-22(15(3)17-8-6-16(14-21)7-9-17)20(23)18-10-12-19(13-11-18)24-5-2/h6-13,15H,4-5H2,1-3H3. The van der Waals surface area contributed by atoms with Gasteiger partial charge < -0.3 is 9.64 Å². The van der Waals surface area contributed by atoms with Crippen molar-refractivity contribution < 1.29 is 9.53 Å². The summed E-state index contributed by atoms with van der Waals surface area (Å²) in [5.41, 5.74) is 2.27. The highest BCUT2D eigenvalue weighted by Crippen LogP contribution is 2.23. The molecule has 0 aromatic heterocycles. The highest BCUT2D eigenvalue weighted by Gasteiger charge is 2.21. The van der Waals surface area contributed by atoms with Gasteiger partial charge in [-0.2, -0.15) is 5.26 Å². The van der Waals surface area contributed by atoms with E-state index in [1.807, 2.05) is 49.9 Å². The van der Waals surface area contributed by atoms with Crippen LogP contribution in [-0.2, 0) is 0 Å². The Kier molecular flexibility index (Phi) is 5.97. The smallest absolute Gasteiger partial charge is 0.254 e. The summed E-state index contributed by atoms with van der Waals surface area (Å²) in [7, 11) is 0. The minimum absolute atomic E-state index is 0.0163. The van der Waals surface area contributed by atoms with E-state index in [1.165, 1.54) is 0 Å². The van der Waals surface area contributed by atoms with E-state index in [-0.39, 0.29) is 11.9 Å². The molecular formula is C20H22N2O2. The van der Waals surface area contributed by atoms with E-state index in [2.05, 4.69) is 6.07 Å². The first-order valence-corrected chi connectivity index (χ1v) is 8.14. The number of hydrogen-bond donors (Lipinski definition) is 0. The van der Waals surface area contributed by atoms with Crippen molar-refractivity contribution >= 4 is 5.91 Å². The predicted octanol–water partition coefficient (Wildman–Crippen LogP) is 4.18. The summed E-state index contributed by atoms with van der Waals surface area (Å²) in [5.74, 6) is 0.745. The van der Waals surface area contributed by atoms with Crippen molar-refractivity contribution in [2.75, 3.05) is 13.2 Å². The minimum Gasteiger partial charge on any atom is -0.494 e. The monoisotopic (exact) mass is 322 g/mol. The van der Waals surface area contributed by atoms with Crippen LogP contribution in [0.25, 0.3) is 0 Å². The number of nitrogens with zero attached hydrogens (tertiary/aromatic N) is 2. The molecule has 2 aromatic carbocycles. The van der Waals surface area contributed by atoms with Gasteiger partial charge in [0.2, 0.25) is 0 Å². The fourth-order valence-electron chi connectivity index (χ4n) is 2.64. The van der Waals surface area contributed by atoms with Gasteiger partial charge in [-0.25, -0.2) is 0 Å². The van der Waals surface area contributed by atoms with Crippen LogP contribution in [0.5, 0.6) is 5.75 Å². The van der Waals surface area contributed by atoms with Crippen molar-refractivity contribution in [1.29, 1.82) is 5.26 Å². The molecule has 0 heterocycles. The summed E-state index contributed by atoms with van der Waals surface area (Å²) in [6.45, 7) is 7.10. The molecule has 0 aliphatic rings. The lowest BCUT2D eigenvalue weighted by molar-refractivity contribution is 0.0702. The topological polar surface area (TPSA) is 53.3 Å². The second-order valence-corrected chi connectivity index (χ2v) is 5.46.